The molecule has 1 fully saturated rings. The third kappa shape index (κ3) is 5.50. The molecule has 35 heavy (non-hydrogen) atoms. The Morgan fingerprint density at radius 3 is 2.49 bits per heavy atom. The highest BCUT2D eigenvalue weighted by Crippen LogP contribution is 2.36. The summed E-state index contributed by atoms with van der Waals surface area (Å²) >= 11 is 0. The summed E-state index contributed by atoms with van der Waals surface area (Å²) in [5.74, 6) is 0.118. The van der Waals surface area contributed by atoms with Crippen LogP contribution in [-0.4, -0.2) is 63.5 Å². The van der Waals surface area contributed by atoms with Crippen LogP contribution >= 0.6 is 0 Å². The predicted molar refractivity (Wildman–Crippen MR) is 132 cm³/mol. The highest BCUT2D eigenvalue weighted by molar-refractivity contribution is 7.89. The Balaban J connectivity index is 1.49. The number of carbonyl (C=O) groups is 2. The molecule has 188 valence electrons. The van der Waals surface area contributed by atoms with Gasteiger partial charge in [-0.3, -0.25) is 9.59 Å². The lowest BCUT2D eigenvalue weighted by Crippen LogP contribution is -2.44. The van der Waals surface area contributed by atoms with Crippen molar-refractivity contribution in [3.05, 3.63) is 48.0 Å². The second-order valence-corrected chi connectivity index (χ2v) is 10.6. The molecule has 1 unspecified atom stereocenters. The minimum absolute atomic E-state index is 0.103. The van der Waals surface area contributed by atoms with Gasteiger partial charge in [0.1, 0.15) is 5.75 Å². The van der Waals surface area contributed by atoms with Crippen LogP contribution in [-0.2, 0) is 19.6 Å². The molecule has 2 aliphatic rings. The van der Waals surface area contributed by atoms with Gasteiger partial charge in [0.05, 0.1) is 23.8 Å². The molecule has 2 aliphatic heterocycles. The smallest absolute Gasteiger partial charge is 0.267 e. The highest BCUT2D eigenvalue weighted by Gasteiger charge is 2.31. The molecule has 2 aromatic rings. The van der Waals surface area contributed by atoms with Crippen molar-refractivity contribution in [3.8, 4) is 5.75 Å². The number of amides is 2. The van der Waals surface area contributed by atoms with Crippen LogP contribution in [0.1, 0.15) is 43.5 Å². The van der Waals surface area contributed by atoms with Crippen molar-refractivity contribution < 1.29 is 27.5 Å². The van der Waals surface area contributed by atoms with E-state index in [0.29, 0.717) is 55.5 Å². The Morgan fingerprint density at radius 2 is 1.80 bits per heavy atom. The zero-order valence-electron chi connectivity index (χ0n) is 20.0. The zero-order chi connectivity index (χ0) is 25.0. The van der Waals surface area contributed by atoms with Gasteiger partial charge in [-0.15, -0.1) is 0 Å². The zero-order valence-corrected chi connectivity index (χ0v) is 20.8. The van der Waals surface area contributed by atoms with Gasteiger partial charge in [-0.05, 0) is 55.8 Å². The lowest BCUT2D eigenvalue weighted by molar-refractivity contribution is -0.125. The van der Waals surface area contributed by atoms with Crippen LogP contribution in [0.25, 0.3) is 0 Å². The fourth-order valence-electron chi connectivity index (χ4n) is 4.15. The minimum atomic E-state index is -3.63. The maximum absolute atomic E-state index is 12.9. The van der Waals surface area contributed by atoms with Gasteiger partial charge in [0.15, 0.2) is 6.10 Å². The third-order valence-electron chi connectivity index (χ3n) is 6.13. The van der Waals surface area contributed by atoms with Crippen LogP contribution in [0.5, 0.6) is 5.75 Å². The number of rotatable bonds is 8. The van der Waals surface area contributed by atoms with Gasteiger partial charge in [-0.25, -0.2) is 8.42 Å². The van der Waals surface area contributed by atoms with Crippen molar-refractivity contribution >= 4 is 33.2 Å². The monoisotopic (exact) mass is 501 g/mol. The Bertz CT molecular complexity index is 1180. The minimum Gasteiger partial charge on any atom is -0.479 e. The lowest BCUT2D eigenvalue weighted by Gasteiger charge is -2.33. The number of sulfonamides is 1. The van der Waals surface area contributed by atoms with Crippen LogP contribution in [0.2, 0.25) is 0 Å². The molecule has 4 rings (SSSR count). The number of carbonyl (C=O) groups excluding carboxylic acids is 2. The van der Waals surface area contributed by atoms with E-state index in [4.69, 9.17) is 9.47 Å². The number of unbranched alkanes of at least 4 members (excludes halogenated alkanes) is 2. The van der Waals surface area contributed by atoms with Crippen molar-refractivity contribution in [2.45, 2.75) is 44.1 Å². The second kappa shape index (κ2) is 10.8. The van der Waals surface area contributed by atoms with Crippen molar-refractivity contribution in [2.24, 2.45) is 0 Å². The van der Waals surface area contributed by atoms with Crippen molar-refractivity contribution in [1.29, 1.82) is 0 Å². The van der Waals surface area contributed by atoms with Crippen LogP contribution in [0.15, 0.2) is 47.4 Å². The average molecular weight is 502 g/mol. The summed E-state index contributed by atoms with van der Waals surface area (Å²) in [6, 6.07) is 11.1. The molecule has 10 heteroatoms. The Morgan fingerprint density at radius 1 is 1.09 bits per heavy atom. The Kier molecular flexibility index (Phi) is 7.73. The predicted octanol–water partition coefficient (Wildman–Crippen LogP) is 3.26. The first-order valence-corrected chi connectivity index (χ1v) is 13.4. The van der Waals surface area contributed by atoms with Crippen LogP contribution in [0.4, 0.5) is 11.4 Å². The number of fused-ring (bicyclic) bond motifs is 1. The molecule has 0 spiro atoms. The van der Waals surface area contributed by atoms with Crippen LogP contribution in [0, 0.1) is 0 Å². The fraction of sp³-hybridized carbons (Fsp3) is 0.440. The molecule has 2 aromatic carbocycles. The van der Waals surface area contributed by atoms with E-state index in [0.717, 1.165) is 19.3 Å². The van der Waals surface area contributed by atoms with E-state index in [1.54, 1.807) is 30.0 Å². The van der Waals surface area contributed by atoms with Gasteiger partial charge in [0.2, 0.25) is 10.0 Å². The number of nitrogens with one attached hydrogen (secondary N) is 1. The Hall–Kier alpha value is -2.95. The molecule has 0 radical (unpaired) electrons. The highest BCUT2D eigenvalue weighted by atomic mass is 32.2. The molecule has 9 nitrogen and oxygen atoms in total. The number of anilines is 2. The van der Waals surface area contributed by atoms with Gasteiger partial charge in [-0.1, -0.05) is 19.8 Å². The molecule has 1 atom stereocenters. The van der Waals surface area contributed by atoms with Crippen molar-refractivity contribution in [1.82, 2.24) is 4.31 Å². The topological polar surface area (TPSA) is 105 Å². The average Bonchev–Trinajstić information content (AvgIpc) is 2.87. The first-order valence-electron chi connectivity index (χ1n) is 11.9. The molecular formula is C25H31N3O6S. The van der Waals surface area contributed by atoms with E-state index < -0.39 is 16.1 Å². The molecular weight excluding hydrogens is 470 g/mol. The van der Waals surface area contributed by atoms with E-state index >= 15 is 0 Å². The molecule has 0 aromatic heterocycles. The molecule has 2 amide bonds. The largest absolute Gasteiger partial charge is 0.479 e. The standard InChI is InChI=1S/C25H31N3O6S/c1-3-4-5-12-28-22-17-20(8-11-23(22)34-18(2)25(28)30)26-24(29)19-6-9-21(10-7-19)35(31,32)27-13-15-33-16-14-27/h6-11,17-18H,3-5,12-16H2,1-2H3,(H,26,29). The van der Waals surface area contributed by atoms with E-state index in [1.807, 2.05) is 0 Å². The van der Waals surface area contributed by atoms with Gasteiger partial charge in [-0.2, -0.15) is 4.31 Å². The van der Waals surface area contributed by atoms with E-state index in [-0.39, 0.29) is 16.7 Å². The first-order chi connectivity index (χ1) is 16.8. The van der Waals surface area contributed by atoms with Gasteiger partial charge in [0.25, 0.3) is 11.8 Å². The molecule has 1 N–H and O–H groups in total. The molecule has 1 saturated heterocycles. The molecule has 0 bridgehead atoms. The lowest BCUT2D eigenvalue weighted by atomic mass is 10.1. The van der Waals surface area contributed by atoms with Gasteiger partial charge < -0.3 is 19.7 Å². The van der Waals surface area contributed by atoms with Crippen molar-refractivity contribution in [3.63, 3.8) is 0 Å². The number of ether oxygens (including phenoxy) is 2. The summed E-state index contributed by atoms with van der Waals surface area (Å²) in [7, 11) is -3.63. The normalized spacial score (nSPS) is 18.6. The number of hydrogen-bond acceptors (Lipinski definition) is 6. The SMILES string of the molecule is CCCCCN1C(=O)C(C)Oc2ccc(NC(=O)c3ccc(S(=O)(=O)N4CCOCC4)cc3)cc21. The second-order valence-electron chi connectivity index (χ2n) is 8.63. The summed E-state index contributed by atoms with van der Waals surface area (Å²) in [4.78, 5) is 27.4. The number of nitrogens with zero attached hydrogens (tertiary/aromatic N) is 2. The Labute approximate surface area is 206 Å². The fourth-order valence-corrected chi connectivity index (χ4v) is 5.56. The molecule has 0 aliphatic carbocycles. The summed E-state index contributed by atoms with van der Waals surface area (Å²) < 4.78 is 38.0. The quantitative estimate of drug-likeness (QED) is 0.557. The van der Waals surface area contributed by atoms with E-state index in [9.17, 15) is 18.0 Å². The number of morpholine rings is 1. The summed E-state index contributed by atoms with van der Waals surface area (Å²) in [5, 5.41) is 2.83. The maximum atomic E-state index is 12.9. The van der Waals surface area contributed by atoms with E-state index in [2.05, 4.69) is 12.2 Å². The van der Waals surface area contributed by atoms with E-state index in [1.165, 1.54) is 28.6 Å². The van der Waals surface area contributed by atoms with Gasteiger partial charge in [0, 0.05) is 30.9 Å². The summed E-state index contributed by atoms with van der Waals surface area (Å²) in [5.41, 5.74) is 1.48. The number of hydrogen-bond donors (Lipinski definition) is 1. The first kappa shape index (κ1) is 25.2. The van der Waals surface area contributed by atoms with Gasteiger partial charge >= 0.3 is 0 Å². The van der Waals surface area contributed by atoms with Crippen molar-refractivity contribution in [2.75, 3.05) is 43.1 Å². The van der Waals surface area contributed by atoms with Crippen LogP contribution in [0.3, 0.4) is 0 Å². The maximum Gasteiger partial charge on any atom is 0.267 e. The molecule has 2 heterocycles. The number of benzene rings is 2. The summed E-state index contributed by atoms with van der Waals surface area (Å²) in [6.45, 7) is 5.78. The van der Waals surface area contributed by atoms with Crippen LogP contribution < -0.4 is 15.0 Å². The third-order valence-corrected chi connectivity index (χ3v) is 8.05. The molecule has 0 saturated carbocycles. The summed E-state index contributed by atoms with van der Waals surface area (Å²) in [6.07, 6.45) is 2.38.